The summed E-state index contributed by atoms with van der Waals surface area (Å²) in [7, 11) is 0. The van der Waals surface area contributed by atoms with Gasteiger partial charge in [0.25, 0.3) is 5.91 Å². The maximum absolute atomic E-state index is 12.5. The molecule has 0 aliphatic carbocycles. The van der Waals surface area contributed by atoms with E-state index < -0.39 is 6.10 Å². The molecule has 128 valence electrons. The minimum Gasteiger partial charge on any atom is -0.481 e. The van der Waals surface area contributed by atoms with E-state index >= 15 is 0 Å². The number of benzene rings is 1. The van der Waals surface area contributed by atoms with Gasteiger partial charge in [-0.05, 0) is 56.7 Å². The van der Waals surface area contributed by atoms with Gasteiger partial charge in [-0.2, -0.15) is 0 Å². The van der Waals surface area contributed by atoms with Gasteiger partial charge < -0.3 is 15.4 Å². The van der Waals surface area contributed by atoms with Crippen molar-refractivity contribution in [1.82, 2.24) is 10.6 Å². The molecule has 1 aromatic carbocycles. The van der Waals surface area contributed by atoms with E-state index in [0.717, 1.165) is 24.2 Å². The van der Waals surface area contributed by atoms with Crippen molar-refractivity contribution in [3.63, 3.8) is 0 Å². The number of hydrogen-bond acceptors (Lipinski definition) is 3. The second-order valence-corrected chi connectivity index (χ2v) is 6.65. The van der Waals surface area contributed by atoms with Gasteiger partial charge in [0.2, 0.25) is 0 Å². The number of hydrogen-bond donors (Lipinski definition) is 2. The van der Waals surface area contributed by atoms with Crippen LogP contribution < -0.4 is 15.4 Å². The number of carbonyl (C=O) groups is 1. The van der Waals surface area contributed by atoms with E-state index in [0.29, 0.717) is 24.5 Å². The first-order valence-corrected chi connectivity index (χ1v) is 8.43. The fourth-order valence-electron chi connectivity index (χ4n) is 3.64. The van der Waals surface area contributed by atoms with Crippen LogP contribution in [0.3, 0.4) is 0 Å². The first-order valence-electron chi connectivity index (χ1n) is 8.43. The van der Waals surface area contributed by atoms with Crippen LogP contribution in [-0.4, -0.2) is 30.1 Å². The van der Waals surface area contributed by atoms with Crippen molar-refractivity contribution in [1.29, 1.82) is 0 Å². The molecule has 2 aliphatic rings. The van der Waals surface area contributed by atoms with Crippen molar-refractivity contribution < 1.29 is 9.53 Å². The predicted octanol–water partition coefficient (Wildman–Crippen LogP) is 2.97. The molecule has 5 heteroatoms. The maximum atomic E-state index is 12.5. The molecule has 3 rings (SSSR count). The Morgan fingerprint density at radius 2 is 2.04 bits per heavy atom. The molecule has 0 saturated carbocycles. The number of ether oxygens (including phenoxy) is 1. The Balaban J connectivity index is 0.00000192. The van der Waals surface area contributed by atoms with E-state index in [1.165, 1.54) is 12.8 Å². The molecule has 0 radical (unpaired) electrons. The van der Waals surface area contributed by atoms with E-state index in [2.05, 4.69) is 10.6 Å². The lowest BCUT2D eigenvalue weighted by molar-refractivity contribution is -0.129. The molecule has 23 heavy (non-hydrogen) atoms. The van der Waals surface area contributed by atoms with Crippen LogP contribution in [0, 0.1) is 6.92 Å². The summed E-state index contributed by atoms with van der Waals surface area (Å²) in [4.78, 5) is 12.5. The highest BCUT2D eigenvalue weighted by Gasteiger charge is 2.34. The Morgan fingerprint density at radius 3 is 2.65 bits per heavy atom. The molecule has 2 bridgehead atoms. The Labute approximate surface area is 144 Å². The lowest BCUT2D eigenvalue weighted by atomic mass is 9.99. The van der Waals surface area contributed by atoms with Gasteiger partial charge in [-0.3, -0.25) is 4.79 Å². The zero-order valence-electron chi connectivity index (χ0n) is 13.9. The molecule has 1 amide bonds. The second-order valence-electron chi connectivity index (χ2n) is 6.65. The number of rotatable bonds is 5. The Hall–Kier alpha value is -1.26. The van der Waals surface area contributed by atoms with E-state index in [-0.39, 0.29) is 18.3 Å². The van der Waals surface area contributed by atoms with Gasteiger partial charge >= 0.3 is 0 Å². The van der Waals surface area contributed by atoms with Crippen LogP contribution >= 0.6 is 12.4 Å². The van der Waals surface area contributed by atoms with Crippen LogP contribution in [-0.2, 0) is 4.79 Å². The molecular weight excluding hydrogens is 312 g/mol. The van der Waals surface area contributed by atoms with Crippen molar-refractivity contribution in [2.45, 2.75) is 70.2 Å². The summed E-state index contributed by atoms with van der Waals surface area (Å²) >= 11 is 0. The number of halogens is 1. The van der Waals surface area contributed by atoms with Crippen molar-refractivity contribution in [2.24, 2.45) is 0 Å². The number of fused-ring (bicyclic) bond motifs is 2. The molecule has 2 fully saturated rings. The molecule has 3 atom stereocenters. The van der Waals surface area contributed by atoms with E-state index in [4.69, 9.17) is 4.74 Å². The van der Waals surface area contributed by atoms with Crippen molar-refractivity contribution in [3.8, 4) is 5.75 Å². The predicted molar refractivity (Wildman–Crippen MR) is 94.2 cm³/mol. The molecule has 0 aromatic heterocycles. The van der Waals surface area contributed by atoms with Gasteiger partial charge in [-0.1, -0.05) is 19.1 Å². The Kier molecular flexibility index (Phi) is 6.31. The highest BCUT2D eigenvalue weighted by atomic mass is 35.5. The third-order valence-corrected chi connectivity index (χ3v) is 4.75. The quantitative estimate of drug-likeness (QED) is 0.867. The maximum Gasteiger partial charge on any atom is 0.261 e. The second kappa shape index (κ2) is 8.02. The van der Waals surface area contributed by atoms with Crippen LogP contribution in [0.2, 0.25) is 0 Å². The smallest absolute Gasteiger partial charge is 0.261 e. The topological polar surface area (TPSA) is 50.4 Å². The average molecular weight is 339 g/mol. The van der Waals surface area contributed by atoms with Crippen molar-refractivity contribution >= 4 is 18.3 Å². The SMILES string of the molecule is CCC(Oc1cccc(C)c1)C(=O)NC1CC2CCC(C1)N2.Cl. The van der Waals surface area contributed by atoms with Gasteiger partial charge in [0.1, 0.15) is 5.75 Å². The molecule has 1 aromatic rings. The highest BCUT2D eigenvalue weighted by Crippen LogP contribution is 2.27. The van der Waals surface area contributed by atoms with Crippen molar-refractivity contribution in [2.75, 3.05) is 0 Å². The third-order valence-electron chi connectivity index (χ3n) is 4.75. The van der Waals surface area contributed by atoms with Crippen LogP contribution in [0.4, 0.5) is 0 Å². The van der Waals surface area contributed by atoms with Gasteiger partial charge in [0, 0.05) is 18.1 Å². The third kappa shape index (κ3) is 4.61. The summed E-state index contributed by atoms with van der Waals surface area (Å²) in [5, 5.41) is 6.80. The monoisotopic (exact) mass is 338 g/mol. The molecular formula is C18H27ClN2O2. The molecule has 3 unspecified atom stereocenters. The molecule has 2 aliphatic heterocycles. The summed E-state index contributed by atoms with van der Waals surface area (Å²) in [5.74, 6) is 0.794. The van der Waals surface area contributed by atoms with Gasteiger partial charge in [-0.15, -0.1) is 12.4 Å². The fraction of sp³-hybridized carbons (Fsp3) is 0.611. The first-order chi connectivity index (χ1) is 10.6. The lowest BCUT2D eigenvalue weighted by Crippen LogP contribution is -2.51. The molecule has 4 nitrogen and oxygen atoms in total. The summed E-state index contributed by atoms with van der Waals surface area (Å²) in [5.41, 5.74) is 1.14. The van der Waals surface area contributed by atoms with Crippen LogP contribution in [0.5, 0.6) is 5.75 Å². The summed E-state index contributed by atoms with van der Waals surface area (Å²) < 4.78 is 5.89. The van der Waals surface area contributed by atoms with E-state index in [1.54, 1.807) is 0 Å². The summed E-state index contributed by atoms with van der Waals surface area (Å²) in [6, 6.07) is 9.33. The van der Waals surface area contributed by atoms with Crippen molar-refractivity contribution in [3.05, 3.63) is 29.8 Å². The van der Waals surface area contributed by atoms with Gasteiger partial charge in [-0.25, -0.2) is 0 Å². The number of piperidine rings is 1. The minimum absolute atomic E-state index is 0. The number of amides is 1. The average Bonchev–Trinajstić information content (AvgIpc) is 2.83. The molecule has 0 spiro atoms. The zero-order chi connectivity index (χ0) is 15.5. The fourth-order valence-corrected chi connectivity index (χ4v) is 3.64. The lowest BCUT2D eigenvalue weighted by Gasteiger charge is -2.30. The Morgan fingerprint density at radius 1 is 1.35 bits per heavy atom. The first kappa shape index (κ1) is 18.1. The highest BCUT2D eigenvalue weighted by molar-refractivity contribution is 5.85. The standard InChI is InChI=1S/C18H26N2O2.ClH/c1-3-17(22-16-6-4-5-12(2)9-16)18(21)20-15-10-13-7-8-14(11-15)19-13;/h4-6,9,13-15,17,19H,3,7-8,10-11H2,1-2H3,(H,20,21);1H. The molecule has 2 heterocycles. The number of carbonyl (C=O) groups excluding carboxylic acids is 1. The summed E-state index contributed by atoms with van der Waals surface area (Å²) in [6.45, 7) is 4.02. The summed E-state index contributed by atoms with van der Waals surface area (Å²) in [6.07, 6.45) is 4.85. The normalized spacial score (nSPS) is 27.0. The van der Waals surface area contributed by atoms with Crippen LogP contribution in [0.1, 0.15) is 44.6 Å². The van der Waals surface area contributed by atoms with Gasteiger partial charge in [0.15, 0.2) is 6.10 Å². The number of nitrogens with one attached hydrogen (secondary N) is 2. The van der Waals surface area contributed by atoms with E-state index in [9.17, 15) is 4.79 Å². The molecule has 2 saturated heterocycles. The van der Waals surface area contributed by atoms with E-state index in [1.807, 2.05) is 38.1 Å². The van der Waals surface area contributed by atoms with Gasteiger partial charge in [0.05, 0.1) is 0 Å². The largest absolute Gasteiger partial charge is 0.481 e. The molecule has 2 N–H and O–H groups in total. The van der Waals surface area contributed by atoms with Crippen LogP contribution in [0.15, 0.2) is 24.3 Å². The number of aryl methyl sites for hydroxylation is 1. The van der Waals surface area contributed by atoms with Crippen LogP contribution in [0.25, 0.3) is 0 Å². The Bertz CT molecular complexity index is 526. The zero-order valence-corrected chi connectivity index (χ0v) is 14.7. The minimum atomic E-state index is -0.408.